The van der Waals surface area contributed by atoms with E-state index in [-0.39, 0.29) is 5.91 Å². The summed E-state index contributed by atoms with van der Waals surface area (Å²) in [6, 6.07) is 4.24. The van der Waals surface area contributed by atoms with E-state index in [2.05, 4.69) is 43.1 Å². The molecule has 0 radical (unpaired) electrons. The highest BCUT2D eigenvalue weighted by molar-refractivity contribution is 5.97. The van der Waals surface area contributed by atoms with Gasteiger partial charge in [-0.05, 0) is 69.7 Å². The fourth-order valence-electron chi connectivity index (χ4n) is 4.15. The van der Waals surface area contributed by atoms with Crippen molar-refractivity contribution in [3.63, 3.8) is 0 Å². The number of hydrogen-bond acceptors (Lipinski definition) is 2. The Hall–Kier alpha value is -1.35. The molecule has 1 aromatic rings. The second kappa shape index (κ2) is 5.45. The molecule has 1 N–H and O–H groups in total. The molecule has 0 aromatic heterocycles. The van der Waals surface area contributed by atoms with E-state index in [0.717, 1.165) is 42.9 Å². The summed E-state index contributed by atoms with van der Waals surface area (Å²) >= 11 is 0. The van der Waals surface area contributed by atoms with Crippen molar-refractivity contribution < 1.29 is 4.79 Å². The number of carbonyl (C=O) groups excluding carboxylic acids is 1. The number of carbonyl (C=O) groups is 1. The van der Waals surface area contributed by atoms with Crippen LogP contribution in [0.5, 0.6) is 0 Å². The molecule has 1 amide bonds. The van der Waals surface area contributed by atoms with Gasteiger partial charge in [-0.25, -0.2) is 0 Å². The third kappa shape index (κ3) is 2.71. The van der Waals surface area contributed by atoms with Crippen molar-refractivity contribution in [2.75, 3.05) is 26.2 Å². The van der Waals surface area contributed by atoms with Gasteiger partial charge in [-0.15, -0.1) is 0 Å². The third-order valence-electron chi connectivity index (χ3n) is 5.28. The topological polar surface area (TPSA) is 32.3 Å². The van der Waals surface area contributed by atoms with Gasteiger partial charge in [-0.1, -0.05) is 17.7 Å². The van der Waals surface area contributed by atoms with E-state index in [9.17, 15) is 4.79 Å². The summed E-state index contributed by atoms with van der Waals surface area (Å²) in [6.07, 6.45) is 3.59. The number of rotatable bonds is 1. The third-order valence-corrected chi connectivity index (χ3v) is 5.28. The first-order valence-corrected chi connectivity index (χ1v) is 8.09. The Morgan fingerprint density at radius 3 is 2.33 bits per heavy atom. The zero-order chi connectivity index (χ0) is 15.0. The number of nitrogens with one attached hydrogen (secondary N) is 1. The molecule has 0 bridgehead atoms. The van der Waals surface area contributed by atoms with Gasteiger partial charge in [0.25, 0.3) is 5.91 Å². The first-order chi connectivity index (χ1) is 10.0. The molecule has 114 valence electrons. The van der Waals surface area contributed by atoms with Crippen LogP contribution in [0, 0.1) is 26.2 Å². The maximum atomic E-state index is 12.9. The van der Waals surface area contributed by atoms with Crippen LogP contribution in [-0.4, -0.2) is 37.0 Å². The summed E-state index contributed by atoms with van der Waals surface area (Å²) in [7, 11) is 0. The second-order valence-electron chi connectivity index (χ2n) is 7.00. The molecule has 0 aliphatic carbocycles. The van der Waals surface area contributed by atoms with Crippen LogP contribution in [0.15, 0.2) is 12.1 Å². The van der Waals surface area contributed by atoms with Gasteiger partial charge >= 0.3 is 0 Å². The molecule has 3 heteroatoms. The van der Waals surface area contributed by atoms with Crippen molar-refractivity contribution in [1.82, 2.24) is 10.2 Å². The Balaban J connectivity index is 1.81. The molecule has 0 unspecified atom stereocenters. The molecular weight excluding hydrogens is 260 g/mol. The molecule has 2 aliphatic heterocycles. The Kier molecular flexibility index (Phi) is 3.78. The van der Waals surface area contributed by atoms with E-state index in [1.807, 2.05) is 0 Å². The van der Waals surface area contributed by atoms with Gasteiger partial charge in [0.05, 0.1) is 0 Å². The molecular formula is C18H26N2O. The predicted molar refractivity (Wildman–Crippen MR) is 85.7 cm³/mol. The minimum absolute atomic E-state index is 0.236. The second-order valence-corrected chi connectivity index (χ2v) is 7.00. The fourth-order valence-corrected chi connectivity index (χ4v) is 4.15. The highest BCUT2D eigenvalue weighted by Crippen LogP contribution is 2.39. The standard InChI is InChI=1S/C18H26N2O/c1-13-10-14(2)16(15(3)11-13)17(21)20-9-6-18(12-20)4-7-19-8-5-18/h10-11,19H,4-9,12H2,1-3H3. The van der Waals surface area contributed by atoms with Gasteiger partial charge in [-0.3, -0.25) is 4.79 Å². The molecule has 2 heterocycles. The van der Waals surface area contributed by atoms with Crippen molar-refractivity contribution in [3.8, 4) is 0 Å². The highest BCUT2D eigenvalue weighted by Gasteiger charge is 2.40. The number of hydrogen-bond donors (Lipinski definition) is 1. The van der Waals surface area contributed by atoms with Crippen LogP contribution in [0.2, 0.25) is 0 Å². The lowest BCUT2D eigenvalue weighted by molar-refractivity contribution is 0.0760. The van der Waals surface area contributed by atoms with E-state index in [1.54, 1.807) is 0 Å². The quantitative estimate of drug-likeness (QED) is 0.861. The Morgan fingerprint density at radius 2 is 1.71 bits per heavy atom. The van der Waals surface area contributed by atoms with Crippen molar-refractivity contribution in [1.29, 1.82) is 0 Å². The first kappa shape index (κ1) is 14.6. The van der Waals surface area contributed by atoms with E-state index in [0.29, 0.717) is 5.41 Å². The summed E-state index contributed by atoms with van der Waals surface area (Å²) in [5.74, 6) is 0.236. The number of benzene rings is 1. The molecule has 1 aromatic carbocycles. The largest absolute Gasteiger partial charge is 0.338 e. The van der Waals surface area contributed by atoms with Crippen LogP contribution in [0.3, 0.4) is 0 Å². The molecule has 3 rings (SSSR count). The Morgan fingerprint density at radius 1 is 1.10 bits per heavy atom. The van der Waals surface area contributed by atoms with Gasteiger partial charge < -0.3 is 10.2 Å². The molecule has 21 heavy (non-hydrogen) atoms. The maximum absolute atomic E-state index is 12.9. The fraction of sp³-hybridized carbons (Fsp3) is 0.611. The zero-order valence-corrected chi connectivity index (χ0v) is 13.5. The number of amides is 1. The molecule has 3 nitrogen and oxygen atoms in total. The van der Waals surface area contributed by atoms with Crippen molar-refractivity contribution in [2.45, 2.75) is 40.0 Å². The highest BCUT2D eigenvalue weighted by atomic mass is 16.2. The van der Waals surface area contributed by atoms with Crippen molar-refractivity contribution in [3.05, 3.63) is 34.4 Å². The molecule has 2 aliphatic rings. The van der Waals surface area contributed by atoms with Crippen LogP contribution in [0.1, 0.15) is 46.3 Å². The lowest BCUT2D eigenvalue weighted by atomic mass is 9.78. The molecule has 2 saturated heterocycles. The molecule has 1 spiro atoms. The average molecular weight is 286 g/mol. The first-order valence-electron chi connectivity index (χ1n) is 8.09. The average Bonchev–Trinajstić information content (AvgIpc) is 2.82. The summed E-state index contributed by atoms with van der Waals surface area (Å²) < 4.78 is 0. The van der Waals surface area contributed by atoms with E-state index < -0.39 is 0 Å². The van der Waals surface area contributed by atoms with Gasteiger partial charge in [0, 0.05) is 18.7 Å². The molecule has 0 atom stereocenters. The minimum Gasteiger partial charge on any atom is -0.338 e. The summed E-state index contributed by atoms with van der Waals surface area (Å²) in [5, 5.41) is 3.43. The number of aryl methyl sites for hydroxylation is 3. The van der Waals surface area contributed by atoms with Gasteiger partial charge in [-0.2, -0.15) is 0 Å². The summed E-state index contributed by atoms with van der Waals surface area (Å²) in [4.78, 5) is 15.0. The van der Waals surface area contributed by atoms with Crippen molar-refractivity contribution >= 4 is 5.91 Å². The zero-order valence-electron chi connectivity index (χ0n) is 13.5. The van der Waals surface area contributed by atoms with Crippen LogP contribution >= 0.6 is 0 Å². The molecule has 0 saturated carbocycles. The van der Waals surface area contributed by atoms with Crippen molar-refractivity contribution in [2.24, 2.45) is 5.41 Å². The normalized spacial score (nSPS) is 21.0. The Labute approximate surface area is 127 Å². The van der Waals surface area contributed by atoms with Crippen LogP contribution in [-0.2, 0) is 0 Å². The molecule has 2 fully saturated rings. The number of nitrogens with zero attached hydrogens (tertiary/aromatic N) is 1. The van der Waals surface area contributed by atoms with E-state index in [1.165, 1.54) is 24.8 Å². The van der Waals surface area contributed by atoms with Gasteiger partial charge in [0.2, 0.25) is 0 Å². The monoisotopic (exact) mass is 286 g/mol. The van der Waals surface area contributed by atoms with E-state index >= 15 is 0 Å². The number of piperidine rings is 1. The summed E-state index contributed by atoms with van der Waals surface area (Å²) in [5.41, 5.74) is 4.77. The smallest absolute Gasteiger partial charge is 0.254 e. The summed E-state index contributed by atoms with van der Waals surface area (Å²) in [6.45, 7) is 10.3. The maximum Gasteiger partial charge on any atom is 0.254 e. The van der Waals surface area contributed by atoms with Crippen LogP contribution < -0.4 is 5.32 Å². The van der Waals surface area contributed by atoms with Gasteiger partial charge in [0.15, 0.2) is 0 Å². The Bertz CT molecular complexity index is 535. The SMILES string of the molecule is Cc1cc(C)c(C(=O)N2CCC3(CCNCC3)C2)c(C)c1. The van der Waals surface area contributed by atoms with Crippen LogP contribution in [0.25, 0.3) is 0 Å². The lowest BCUT2D eigenvalue weighted by Gasteiger charge is -2.33. The predicted octanol–water partition coefficient (Wildman–Crippen LogP) is 2.83. The van der Waals surface area contributed by atoms with E-state index in [4.69, 9.17) is 0 Å². The van der Waals surface area contributed by atoms with Crippen LogP contribution in [0.4, 0.5) is 0 Å². The number of likely N-dealkylation sites (tertiary alicyclic amines) is 1. The van der Waals surface area contributed by atoms with Gasteiger partial charge in [0.1, 0.15) is 0 Å². The minimum atomic E-state index is 0.236. The lowest BCUT2D eigenvalue weighted by Crippen LogP contribution is -2.40.